The molecule has 0 radical (unpaired) electrons. The minimum atomic E-state index is -0.173. The van der Waals surface area contributed by atoms with Crippen LogP contribution < -0.4 is 10.2 Å². The third-order valence-electron chi connectivity index (χ3n) is 4.56. The SMILES string of the molecule is O=C(/C=C/c1cnn(-c2ccccc2)c1)Nc1ccccc1N1CCOCC1. The highest BCUT2D eigenvalue weighted by Crippen LogP contribution is 2.26. The maximum Gasteiger partial charge on any atom is 0.248 e. The van der Waals surface area contributed by atoms with E-state index in [1.165, 1.54) is 6.08 Å². The number of para-hydroxylation sites is 3. The zero-order chi connectivity index (χ0) is 19.2. The van der Waals surface area contributed by atoms with Crippen LogP contribution in [0.2, 0.25) is 0 Å². The molecule has 1 aromatic heterocycles. The van der Waals surface area contributed by atoms with E-state index in [0.717, 1.165) is 35.7 Å². The average Bonchev–Trinajstić information content (AvgIpc) is 3.23. The summed E-state index contributed by atoms with van der Waals surface area (Å²) in [5.74, 6) is -0.173. The number of morpholine rings is 1. The molecule has 4 rings (SSSR count). The van der Waals surface area contributed by atoms with Gasteiger partial charge in [-0.05, 0) is 30.3 Å². The van der Waals surface area contributed by atoms with Crippen molar-refractivity contribution >= 4 is 23.4 Å². The lowest BCUT2D eigenvalue weighted by molar-refractivity contribution is -0.111. The van der Waals surface area contributed by atoms with Crippen molar-refractivity contribution in [2.45, 2.75) is 0 Å². The number of rotatable bonds is 5. The Labute approximate surface area is 164 Å². The summed E-state index contributed by atoms with van der Waals surface area (Å²) in [7, 11) is 0. The van der Waals surface area contributed by atoms with Crippen LogP contribution in [-0.2, 0) is 9.53 Å². The highest BCUT2D eigenvalue weighted by Gasteiger charge is 2.15. The third kappa shape index (κ3) is 4.29. The number of nitrogens with one attached hydrogen (secondary N) is 1. The predicted octanol–water partition coefficient (Wildman–Crippen LogP) is 3.36. The van der Waals surface area contributed by atoms with E-state index in [9.17, 15) is 4.79 Å². The van der Waals surface area contributed by atoms with Crippen molar-refractivity contribution in [3.8, 4) is 5.69 Å². The molecule has 0 bridgehead atoms. The van der Waals surface area contributed by atoms with Gasteiger partial charge in [0.2, 0.25) is 5.91 Å². The molecule has 0 aliphatic carbocycles. The molecule has 1 N–H and O–H groups in total. The van der Waals surface area contributed by atoms with Crippen LogP contribution in [-0.4, -0.2) is 42.0 Å². The zero-order valence-corrected chi connectivity index (χ0v) is 15.5. The molecular weight excluding hydrogens is 352 g/mol. The maximum atomic E-state index is 12.4. The van der Waals surface area contributed by atoms with Crippen LogP contribution in [0, 0.1) is 0 Å². The number of ether oxygens (including phenoxy) is 1. The monoisotopic (exact) mass is 374 g/mol. The Morgan fingerprint density at radius 3 is 2.61 bits per heavy atom. The van der Waals surface area contributed by atoms with Gasteiger partial charge < -0.3 is 15.0 Å². The van der Waals surface area contributed by atoms with Gasteiger partial charge in [-0.25, -0.2) is 4.68 Å². The third-order valence-corrected chi connectivity index (χ3v) is 4.56. The molecule has 6 nitrogen and oxygen atoms in total. The molecule has 0 atom stereocenters. The van der Waals surface area contributed by atoms with E-state index >= 15 is 0 Å². The molecule has 1 aliphatic rings. The fourth-order valence-corrected chi connectivity index (χ4v) is 3.15. The predicted molar refractivity (Wildman–Crippen MR) is 111 cm³/mol. The Balaban J connectivity index is 1.43. The van der Waals surface area contributed by atoms with Gasteiger partial charge in [-0.3, -0.25) is 4.79 Å². The van der Waals surface area contributed by atoms with Gasteiger partial charge in [-0.1, -0.05) is 30.3 Å². The molecule has 2 heterocycles. The van der Waals surface area contributed by atoms with Gasteiger partial charge in [-0.2, -0.15) is 5.10 Å². The number of amides is 1. The van der Waals surface area contributed by atoms with Crippen molar-refractivity contribution in [3.63, 3.8) is 0 Å². The first-order chi connectivity index (χ1) is 13.8. The van der Waals surface area contributed by atoms with E-state index < -0.39 is 0 Å². The van der Waals surface area contributed by atoms with Gasteiger partial charge in [0.05, 0.1) is 36.5 Å². The van der Waals surface area contributed by atoms with Gasteiger partial charge in [-0.15, -0.1) is 0 Å². The molecule has 1 saturated heterocycles. The van der Waals surface area contributed by atoms with Crippen LogP contribution in [0.15, 0.2) is 73.1 Å². The number of hydrogen-bond donors (Lipinski definition) is 1. The van der Waals surface area contributed by atoms with Gasteiger partial charge >= 0.3 is 0 Å². The Morgan fingerprint density at radius 2 is 1.79 bits per heavy atom. The molecule has 1 fully saturated rings. The molecule has 2 aromatic carbocycles. The number of carbonyl (C=O) groups is 1. The summed E-state index contributed by atoms with van der Waals surface area (Å²) in [4.78, 5) is 14.7. The Morgan fingerprint density at radius 1 is 1.04 bits per heavy atom. The first-order valence-electron chi connectivity index (χ1n) is 9.30. The molecule has 3 aromatic rings. The van der Waals surface area contributed by atoms with Crippen molar-refractivity contribution in [1.29, 1.82) is 0 Å². The van der Waals surface area contributed by atoms with Crippen molar-refractivity contribution < 1.29 is 9.53 Å². The van der Waals surface area contributed by atoms with Crippen LogP contribution >= 0.6 is 0 Å². The fourth-order valence-electron chi connectivity index (χ4n) is 3.15. The number of nitrogens with zero attached hydrogens (tertiary/aromatic N) is 3. The molecule has 28 heavy (non-hydrogen) atoms. The summed E-state index contributed by atoms with van der Waals surface area (Å²) < 4.78 is 7.20. The Kier molecular flexibility index (Phi) is 5.49. The molecule has 1 aliphatic heterocycles. The molecule has 6 heteroatoms. The maximum absolute atomic E-state index is 12.4. The first-order valence-corrected chi connectivity index (χ1v) is 9.30. The van der Waals surface area contributed by atoms with Crippen molar-refractivity contribution in [1.82, 2.24) is 9.78 Å². The molecular formula is C22H22N4O2. The molecule has 0 spiro atoms. The minimum Gasteiger partial charge on any atom is -0.378 e. The van der Waals surface area contributed by atoms with Gasteiger partial charge in [0.1, 0.15) is 0 Å². The summed E-state index contributed by atoms with van der Waals surface area (Å²) in [6.45, 7) is 3.05. The summed E-state index contributed by atoms with van der Waals surface area (Å²) in [5, 5.41) is 7.32. The van der Waals surface area contributed by atoms with Crippen LogP contribution in [0.3, 0.4) is 0 Å². The van der Waals surface area contributed by atoms with Crippen molar-refractivity contribution in [2.75, 3.05) is 36.5 Å². The van der Waals surface area contributed by atoms with Crippen molar-refractivity contribution in [3.05, 3.63) is 78.6 Å². The van der Waals surface area contributed by atoms with Gasteiger partial charge in [0, 0.05) is 30.9 Å². The number of anilines is 2. The summed E-state index contributed by atoms with van der Waals surface area (Å²) in [6.07, 6.45) is 6.92. The van der Waals surface area contributed by atoms with Crippen LogP contribution in [0.5, 0.6) is 0 Å². The number of benzene rings is 2. The summed E-state index contributed by atoms with van der Waals surface area (Å²) in [6, 6.07) is 17.7. The normalized spacial score (nSPS) is 14.4. The standard InChI is InChI=1S/C22H22N4O2/c27-22(11-10-18-16-23-26(17-18)19-6-2-1-3-7-19)24-20-8-4-5-9-21(20)25-12-14-28-15-13-25/h1-11,16-17H,12-15H2,(H,24,27)/b11-10+. The zero-order valence-electron chi connectivity index (χ0n) is 15.5. The summed E-state index contributed by atoms with van der Waals surface area (Å²) in [5.41, 5.74) is 3.66. The quantitative estimate of drug-likeness (QED) is 0.696. The van der Waals surface area contributed by atoms with Gasteiger partial charge in [0.15, 0.2) is 0 Å². The van der Waals surface area contributed by atoms with Crippen LogP contribution in [0.1, 0.15) is 5.56 Å². The van der Waals surface area contributed by atoms with E-state index in [1.54, 1.807) is 17.0 Å². The smallest absolute Gasteiger partial charge is 0.248 e. The number of carbonyl (C=O) groups excluding carboxylic acids is 1. The number of aromatic nitrogens is 2. The Hall–Kier alpha value is -3.38. The molecule has 142 valence electrons. The fraction of sp³-hybridized carbons (Fsp3) is 0.182. The summed E-state index contributed by atoms with van der Waals surface area (Å²) >= 11 is 0. The number of hydrogen-bond acceptors (Lipinski definition) is 4. The van der Waals surface area contributed by atoms with E-state index in [-0.39, 0.29) is 5.91 Å². The Bertz CT molecular complexity index is 959. The van der Waals surface area contributed by atoms with E-state index in [1.807, 2.05) is 60.8 Å². The van der Waals surface area contributed by atoms with E-state index in [2.05, 4.69) is 15.3 Å². The van der Waals surface area contributed by atoms with E-state index in [4.69, 9.17) is 4.74 Å². The lowest BCUT2D eigenvalue weighted by atomic mass is 10.2. The largest absolute Gasteiger partial charge is 0.378 e. The lowest BCUT2D eigenvalue weighted by Crippen LogP contribution is -2.36. The molecule has 0 saturated carbocycles. The lowest BCUT2D eigenvalue weighted by Gasteiger charge is -2.30. The minimum absolute atomic E-state index is 0.173. The molecule has 0 unspecified atom stereocenters. The van der Waals surface area contributed by atoms with Crippen LogP contribution in [0.25, 0.3) is 11.8 Å². The second-order valence-electron chi connectivity index (χ2n) is 6.49. The van der Waals surface area contributed by atoms with Gasteiger partial charge in [0.25, 0.3) is 0 Å². The second-order valence-corrected chi connectivity index (χ2v) is 6.49. The topological polar surface area (TPSA) is 59.4 Å². The second kappa shape index (κ2) is 8.54. The highest BCUT2D eigenvalue weighted by molar-refractivity contribution is 6.03. The molecule has 1 amide bonds. The van der Waals surface area contributed by atoms with Crippen molar-refractivity contribution in [2.24, 2.45) is 0 Å². The highest BCUT2D eigenvalue weighted by atomic mass is 16.5. The first kappa shape index (κ1) is 18.0. The van der Waals surface area contributed by atoms with Crippen LogP contribution in [0.4, 0.5) is 11.4 Å². The van der Waals surface area contributed by atoms with E-state index in [0.29, 0.717) is 13.2 Å². The average molecular weight is 374 g/mol.